The predicted octanol–water partition coefficient (Wildman–Crippen LogP) is 6.60. The zero-order chi connectivity index (χ0) is 21.5. The van der Waals surface area contributed by atoms with Crippen molar-refractivity contribution in [1.82, 2.24) is 0 Å². The molecule has 0 N–H and O–H groups in total. The first kappa shape index (κ1) is 21.4. The number of hydrogen-bond donors (Lipinski definition) is 0. The summed E-state index contributed by atoms with van der Waals surface area (Å²) in [4.78, 5) is 12.4. The molecule has 3 nitrogen and oxygen atoms in total. The highest BCUT2D eigenvalue weighted by Crippen LogP contribution is 2.24. The number of allylic oxidation sites excluding steroid dienone is 1. The number of benzene rings is 3. The van der Waals surface area contributed by atoms with Gasteiger partial charge in [0.15, 0.2) is 5.78 Å². The Kier molecular flexibility index (Phi) is 7.08. The van der Waals surface area contributed by atoms with Crippen LogP contribution < -0.4 is 9.47 Å². The van der Waals surface area contributed by atoms with Crippen molar-refractivity contribution < 1.29 is 14.3 Å². The van der Waals surface area contributed by atoms with E-state index in [1.165, 1.54) is 5.56 Å². The van der Waals surface area contributed by atoms with Gasteiger partial charge in [-0.05, 0) is 60.4 Å². The van der Waals surface area contributed by atoms with Crippen LogP contribution in [0.2, 0.25) is 0 Å². The summed E-state index contributed by atoms with van der Waals surface area (Å²) in [5.41, 5.74) is 4.89. The third-order valence-electron chi connectivity index (χ3n) is 4.98. The van der Waals surface area contributed by atoms with Crippen LogP contribution in [0.15, 0.2) is 72.8 Å². The topological polar surface area (TPSA) is 35.5 Å². The van der Waals surface area contributed by atoms with Gasteiger partial charge in [0.25, 0.3) is 0 Å². The molecule has 0 fully saturated rings. The Labute approximate surface area is 179 Å². The first-order valence-corrected chi connectivity index (χ1v) is 10.1. The Morgan fingerprint density at radius 2 is 1.77 bits per heavy atom. The van der Waals surface area contributed by atoms with Gasteiger partial charge in [-0.1, -0.05) is 61.9 Å². The van der Waals surface area contributed by atoms with Crippen LogP contribution in [-0.4, -0.2) is 12.9 Å². The number of aryl methyl sites for hydroxylation is 1. The first-order valence-electron chi connectivity index (χ1n) is 10.1. The standard InChI is InChI=1S/C27H28O3/c1-19(2)22-10-12-25(13-11-22)30-18-24-17-21(9-15-27(24)29-4)8-14-26(28)23-7-5-6-20(3)16-23/h5-17,19H,18H2,1-4H3/b14-8+. The molecule has 0 saturated carbocycles. The van der Waals surface area contributed by atoms with Crippen molar-refractivity contribution in [2.45, 2.75) is 33.3 Å². The lowest BCUT2D eigenvalue weighted by molar-refractivity contribution is 0.104. The highest BCUT2D eigenvalue weighted by Gasteiger charge is 2.07. The second kappa shape index (κ2) is 9.93. The SMILES string of the molecule is COc1ccc(/C=C/C(=O)c2cccc(C)c2)cc1COc1ccc(C(C)C)cc1. The van der Waals surface area contributed by atoms with Gasteiger partial charge in [0.2, 0.25) is 0 Å². The molecule has 0 aliphatic heterocycles. The third-order valence-corrected chi connectivity index (χ3v) is 4.98. The van der Waals surface area contributed by atoms with E-state index in [0.29, 0.717) is 18.1 Å². The average Bonchev–Trinajstić information content (AvgIpc) is 2.76. The van der Waals surface area contributed by atoms with Gasteiger partial charge >= 0.3 is 0 Å². The van der Waals surface area contributed by atoms with Gasteiger partial charge < -0.3 is 9.47 Å². The van der Waals surface area contributed by atoms with Gasteiger partial charge in [0, 0.05) is 11.1 Å². The summed E-state index contributed by atoms with van der Waals surface area (Å²) >= 11 is 0. The van der Waals surface area contributed by atoms with E-state index in [1.54, 1.807) is 13.2 Å². The van der Waals surface area contributed by atoms with Gasteiger partial charge in [-0.25, -0.2) is 0 Å². The molecule has 0 aromatic heterocycles. The van der Waals surface area contributed by atoms with E-state index in [1.807, 2.05) is 67.6 Å². The lowest BCUT2D eigenvalue weighted by Gasteiger charge is -2.12. The molecule has 0 aliphatic rings. The van der Waals surface area contributed by atoms with Crippen LogP contribution in [0.1, 0.15) is 52.4 Å². The number of methoxy groups -OCH3 is 1. The minimum absolute atomic E-state index is 0.0161. The fourth-order valence-electron chi connectivity index (χ4n) is 3.19. The van der Waals surface area contributed by atoms with E-state index >= 15 is 0 Å². The Morgan fingerprint density at radius 1 is 1.00 bits per heavy atom. The number of ether oxygens (including phenoxy) is 2. The second-order valence-corrected chi connectivity index (χ2v) is 7.65. The molecule has 3 rings (SSSR count). The number of hydrogen-bond acceptors (Lipinski definition) is 3. The van der Waals surface area contributed by atoms with E-state index in [4.69, 9.17) is 9.47 Å². The van der Waals surface area contributed by atoms with Crippen LogP contribution in [-0.2, 0) is 6.61 Å². The van der Waals surface area contributed by atoms with Crippen molar-refractivity contribution in [1.29, 1.82) is 0 Å². The van der Waals surface area contributed by atoms with Crippen molar-refractivity contribution in [3.05, 3.63) is 101 Å². The number of rotatable bonds is 8. The molecule has 3 heteroatoms. The minimum Gasteiger partial charge on any atom is -0.496 e. The first-order chi connectivity index (χ1) is 14.5. The van der Waals surface area contributed by atoms with E-state index in [0.717, 1.165) is 28.2 Å². The fraction of sp³-hybridized carbons (Fsp3) is 0.222. The zero-order valence-electron chi connectivity index (χ0n) is 18.0. The summed E-state index contributed by atoms with van der Waals surface area (Å²) in [5, 5.41) is 0. The minimum atomic E-state index is -0.0161. The Hall–Kier alpha value is -3.33. The van der Waals surface area contributed by atoms with Gasteiger partial charge in [-0.2, -0.15) is 0 Å². The summed E-state index contributed by atoms with van der Waals surface area (Å²) < 4.78 is 11.4. The quantitative estimate of drug-likeness (QED) is 0.315. The molecule has 0 radical (unpaired) electrons. The molecular formula is C27H28O3. The highest BCUT2D eigenvalue weighted by molar-refractivity contribution is 6.06. The van der Waals surface area contributed by atoms with E-state index in [9.17, 15) is 4.79 Å². The maximum Gasteiger partial charge on any atom is 0.185 e. The van der Waals surface area contributed by atoms with E-state index < -0.39 is 0 Å². The number of carbonyl (C=O) groups is 1. The van der Waals surface area contributed by atoms with Crippen molar-refractivity contribution in [3.8, 4) is 11.5 Å². The number of carbonyl (C=O) groups excluding carboxylic acids is 1. The lowest BCUT2D eigenvalue weighted by Crippen LogP contribution is -2.00. The Morgan fingerprint density at radius 3 is 2.43 bits per heavy atom. The molecule has 0 atom stereocenters. The Balaban J connectivity index is 1.72. The summed E-state index contributed by atoms with van der Waals surface area (Å²) in [6.07, 6.45) is 3.43. The molecule has 0 saturated heterocycles. The van der Waals surface area contributed by atoms with Crippen LogP contribution in [0.3, 0.4) is 0 Å². The van der Waals surface area contributed by atoms with E-state index in [-0.39, 0.29) is 5.78 Å². The van der Waals surface area contributed by atoms with Crippen LogP contribution in [0.5, 0.6) is 11.5 Å². The van der Waals surface area contributed by atoms with Gasteiger partial charge in [0.05, 0.1) is 7.11 Å². The third kappa shape index (κ3) is 5.60. The van der Waals surface area contributed by atoms with Crippen molar-refractivity contribution in [3.63, 3.8) is 0 Å². The fourth-order valence-corrected chi connectivity index (χ4v) is 3.19. The van der Waals surface area contributed by atoms with Crippen molar-refractivity contribution in [2.75, 3.05) is 7.11 Å². The molecule has 0 aliphatic carbocycles. The number of ketones is 1. The van der Waals surface area contributed by atoms with Gasteiger partial charge in [-0.15, -0.1) is 0 Å². The lowest BCUT2D eigenvalue weighted by atomic mass is 10.0. The van der Waals surface area contributed by atoms with Crippen LogP contribution in [0, 0.1) is 6.92 Å². The molecule has 0 amide bonds. The molecule has 0 bridgehead atoms. The largest absolute Gasteiger partial charge is 0.496 e. The molecule has 30 heavy (non-hydrogen) atoms. The maximum absolute atomic E-state index is 12.4. The summed E-state index contributed by atoms with van der Waals surface area (Å²) in [7, 11) is 1.65. The Bertz CT molecular complexity index is 1030. The van der Waals surface area contributed by atoms with Gasteiger partial charge in [0.1, 0.15) is 18.1 Å². The smallest absolute Gasteiger partial charge is 0.185 e. The van der Waals surface area contributed by atoms with Crippen LogP contribution in [0.4, 0.5) is 0 Å². The van der Waals surface area contributed by atoms with E-state index in [2.05, 4.69) is 26.0 Å². The van der Waals surface area contributed by atoms with Crippen molar-refractivity contribution in [2.24, 2.45) is 0 Å². The molecule has 3 aromatic carbocycles. The summed E-state index contributed by atoms with van der Waals surface area (Å²) in [6.45, 7) is 6.71. The zero-order valence-corrected chi connectivity index (χ0v) is 18.0. The second-order valence-electron chi connectivity index (χ2n) is 7.65. The molecule has 0 spiro atoms. The average molecular weight is 401 g/mol. The van der Waals surface area contributed by atoms with Crippen LogP contribution >= 0.6 is 0 Å². The monoisotopic (exact) mass is 400 g/mol. The molecular weight excluding hydrogens is 372 g/mol. The predicted molar refractivity (Wildman–Crippen MR) is 122 cm³/mol. The highest BCUT2D eigenvalue weighted by atomic mass is 16.5. The van der Waals surface area contributed by atoms with Crippen LogP contribution in [0.25, 0.3) is 6.08 Å². The summed E-state index contributed by atoms with van der Waals surface area (Å²) in [6, 6.07) is 21.6. The molecule has 154 valence electrons. The normalized spacial score (nSPS) is 11.1. The molecule has 0 unspecified atom stereocenters. The van der Waals surface area contributed by atoms with Gasteiger partial charge in [-0.3, -0.25) is 4.79 Å². The molecule has 3 aromatic rings. The summed E-state index contributed by atoms with van der Waals surface area (Å²) in [5.74, 6) is 2.05. The maximum atomic E-state index is 12.4. The van der Waals surface area contributed by atoms with Crippen molar-refractivity contribution >= 4 is 11.9 Å². The molecule has 0 heterocycles.